The summed E-state index contributed by atoms with van der Waals surface area (Å²) in [6, 6.07) is 37.8. The predicted octanol–water partition coefficient (Wildman–Crippen LogP) is 8.20. The van der Waals surface area contributed by atoms with E-state index in [1.165, 1.54) is 5.56 Å². The van der Waals surface area contributed by atoms with Gasteiger partial charge in [0.25, 0.3) is 0 Å². The van der Waals surface area contributed by atoms with Gasteiger partial charge in [0.05, 0.1) is 0 Å². The van der Waals surface area contributed by atoms with Gasteiger partial charge in [-0.05, 0) is 22.8 Å². The highest BCUT2D eigenvalue weighted by molar-refractivity contribution is 6.34. The topological polar surface area (TPSA) is 0 Å². The summed E-state index contributed by atoms with van der Waals surface area (Å²) in [5, 5.41) is 0.667. The Hall–Kier alpha value is -2.80. The van der Waals surface area contributed by atoms with Crippen molar-refractivity contribution in [2.45, 2.75) is 4.87 Å². The highest BCUT2D eigenvalue weighted by Crippen LogP contribution is 2.45. The van der Waals surface area contributed by atoms with E-state index in [4.69, 9.17) is 23.2 Å². The molecule has 0 aliphatic heterocycles. The molecule has 144 valence electrons. The van der Waals surface area contributed by atoms with Crippen LogP contribution in [0.1, 0.15) is 22.3 Å². The summed E-state index contributed by atoms with van der Waals surface area (Å²) >= 11 is 13.6. The SMILES string of the molecule is C=Cc1ccccc1.Clc1ccccc1C(Cl)(c1ccccc1)c1ccccc1. The third-order valence-electron chi connectivity index (χ3n) is 4.62. The van der Waals surface area contributed by atoms with Crippen molar-refractivity contribution in [1.29, 1.82) is 0 Å². The van der Waals surface area contributed by atoms with Gasteiger partial charge in [-0.15, -0.1) is 11.6 Å². The van der Waals surface area contributed by atoms with Gasteiger partial charge in [0.2, 0.25) is 0 Å². The van der Waals surface area contributed by atoms with Crippen molar-refractivity contribution >= 4 is 29.3 Å². The van der Waals surface area contributed by atoms with Crippen molar-refractivity contribution in [2.75, 3.05) is 0 Å². The van der Waals surface area contributed by atoms with E-state index in [9.17, 15) is 0 Å². The van der Waals surface area contributed by atoms with E-state index in [1.54, 1.807) is 0 Å². The molecule has 0 aromatic heterocycles. The summed E-state index contributed by atoms with van der Waals surface area (Å²) in [5.74, 6) is 0. The van der Waals surface area contributed by atoms with E-state index in [1.807, 2.05) is 121 Å². The molecule has 0 heterocycles. The van der Waals surface area contributed by atoms with Crippen LogP contribution in [0.25, 0.3) is 6.08 Å². The van der Waals surface area contributed by atoms with Crippen LogP contribution >= 0.6 is 23.2 Å². The molecule has 2 heteroatoms. The minimum absolute atomic E-state index is 0.667. The molecule has 0 N–H and O–H groups in total. The van der Waals surface area contributed by atoms with Gasteiger partial charge in [-0.2, -0.15) is 0 Å². The Balaban J connectivity index is 0.000000252. The summed E-state index contributed by atoms with van der Waals surface area (Å²) < 4.78 is 0. The average molecular weight is 417 g/mol. The molecule has 0 atom stereocenters. The zero-order chi connectivity index (χ0) is 20.5. The largest absolute Gasteiger partial charge is 0.121 e. The third kappa shape index (κ3) is 4.98. The maximum Gasteiger partial charge on any atom is 0.121 e. The number of halogens is 2. The quantitative estimate of drug-likeness (QED) is 0.232. The van der Waals surface area contributed by atoms with Crippen LogP contribution in [0.3, 0.4) is 0 Å². The van der Waals surface area contributed by atoms with Crippen LogP contribution in [-0.4, -0.2) is 0 Å². The second kappa shape index (κ2) is 10.1. The summed E-state index contributed by atoms with van der Waals surface area (Å²) in [6.45, 7) is 3.63. The van der Waals surface area contributed by atoms with Gasteiger partial charge in [-0.25, -0.2) is 0 Å². The Labute approximate surface area is 183 Å². The Kier molecular flexibility index (Phi) is 7.30. The van der Waals surface area contributed by atoms with E-state index in [-0.39, 0.29) is 0 Å². The molecule has 0 aliphatic carbocycles. The Bertz CT molecular complexity index is 986. The molecule has 4 aromatic carbocycles. The maximum atomic E-state index is 7.14. The van der Waals surface area contributed by atoms with Crippen molar-refractivity contribution in [3.8, 4) is 0 Å². The zero-order valence-electron chi connectivity index (χ0n) is 16.0. The smallest absolute Gasteiger partial charge is 0.103 e. The molecule has 0 saturated heterocycles. The van der Waals surface area contributed by atoms with Gasteiger partial charge >= 0.3 is 0 Å². The van der Waals surface area contributed by atoms with Crippen LogP contribution in [0.15, 0.2) is 122 Å². The van der Waals surface area contributed by atoms with Crippen molar-refractivity contribution in [3.63, 3.8) is 0 Å². The Morgan fingerprint density at radius 1 is 0.586 bits per heavy atom. The summed E-state index contributed by atoms with van der Waals surface area (Å²) in [6.07, 6.45) is 1.83. The van der Waals surface area contributed by atoms with E-state index in [2.05, 4.69) is 6.58 Å². The highest BCUT2D eigenvalue weighted by Gasteiger charge is 2.35. The second-order valence-corrected chi connectivity index (χ2v) is 7.46. The first-order valence-corrected chi connectivity index (χ1v) is 10.1. The van der Waals surface area contributed by atoms with E-state index >= 15 is 0 Å². The molecule has 0 saturated carbocycles. The number of rotatable bonds is 4. The number of hydrogen-bond acceptors (Lipinski definition) is 0. The first kappa shape index (κ1) is 20.9. The van der Waals surface area contributed by atoms with Crippen molar-refractivity contribution in [1.82, 2.24) is 0 Å². The molecule has 0 radical (unpaired) electrons. The van der Waals surface area contributed by atoms with Gasteiger partial charge in [0.15, 0.2) is 0 Å². The van der Waals surface area contributed by atoms with Crippen LogP contribution in [0.4, 0.5) is 0 Å². The molecule has 0 aliphatic rings. The number of alkyl halides is 1. The van der Waals surface area contributed by atoms with Gasteiger partial charge in [0, 0.05) is 10.6 Å². The monoisotopic (exact) mass is 416 g/mol. The lowest BCUT2D eigenvalue weighted by atomic mass is 9.84. The fourth-order valence-corrected chi connectivity index (χ4v) is 3.89. The van der Waals surface area contributed by atoms with E-state index in [0.29, 0.717) is 5.02 Å². The molecule has 0 amide bonds. The molecular formula is C27H22Cl2. The van der Waals surface area contributed by atoms with Gasteiger partial charge < -0.3 is 0 Å². The van der Waals surface area contributed by atoms with Crippen LogP contribution < -0.4 is 0 Å². The highest BCUT2D eigenvalue weighted by atomic mass is 35.5. The minimum Gasteiger partial charge on any atom is -0.103 e. The molecule has 29 heavy (non-hydrogen) atoms. The summed E-state index contributed by atoms with van der Waals surface area (Å²) in [4.78, 5) is -0.791. The molecular weight excluding hydrogens is 395 g/mol. The van der Waals surface area contributed by atoms with Crippen molar-refractivity contribution < 1.29 is 0 Å². The molecule has 4 aromatic rings. The second-order valence-electron chi connectivity index (χ2n) is 6.49. The fraction of sp³-hybridized carbons (Fsp3) is 0.0370. The number of hydrogen-bond donors (Lipinski definition) is 0. The maximum absolute atomic E-state index is 7.14. The molecule has 4 rings (SSSR count). The van der Waals surface area contributed by atoms with Gasteiger partial charge in [0.1, 0.15) is 4.87 Å². The first-order valence-electron chi connectivity index (χ1n) is 9.38. The van der Waals surface area contributed by atoms with E-state index in [0.717, 1.165) is 16.7 Å². The van der Waals surface area contributed by atoms with Crippen LogP contribution in [0.5, 0.6) is 0 Å². The third-order valence-corrected chi connectivity index (χ3v) is 5.59. The molecule has 0 spiro atoms. The minimum atomic E-state index is -0.791. The van der Waals surface area contributed by atoms with E-state index < -0.39 is 4.87 Å². The average Bonchev–Trinajstić information content (AvgIpc) is 2.81. The standard InChI is InChI=1S/C19H14Cl2.C8H8/c20-18-14-8-7-13-17(18)19(21,15-9-3-1-4-10-15)16-11-5-2-6-12-16;1-2-8-6-4-3-5-7-8/h1-14H;2-7H,1H2. The summed E-state index contributed by atoms with van der Waals surface area (Å²) in [5.41, 5.74) is 4.08. The lowest BCUT2D eigenvalue weighted by molar-refractivity contribution is 0.880. The molecule has 0 nitrogen and oxygen atoms in total. The lowest BCUT2D eigenvalue weighted by Crippen LogP contribution is -2.22. The zero-order valence-corrected chi connectivity index (χ0v) is 17.5. The van der Waals surface area contributed by atoms with Gasteiger partial charge in [-0.3, -0.25) is 0 Å². The van der Waals surface area contributed by atoms with Crippen LogP contribution in [-0.2, 0) is 4.87 Å². The van der Waals surface area contributed by atoms with Crippen LogP contribution in [0.2, 0.25) is 5.02 Å². The lowest BCUT2D eigenvalue weighted by Gasteiger charge is -2.30. The van der Waals surface area contributed by atoms with Crippen molar-refractivity contribution in [2.24, 2.45) is 0 Å². The molecule has 0 unspecified atom stereocenters. The van der Waals surface area contributed by atoms with Crippen LogP contribution in [0, 0.1) is 0 Å². The first-order chi connectivity index (χ1) is 14.2. The number of benzene rings is 4. The molecule has 0 fully saturated rings. The Morgan fingerprint density at radius 2 is 1.00 bits per heavy atom. The molecule has 0 bridgehead atoms. The predicted molar refractivity (Wildman–Crippen MR) is 127 cm³/mol. The normalized spacial score (nSPS) is 10.6. The fourth-order valence-electron chi connectivity index (χ4n) is 3.14. The van der Waals surface area contributed by atoms with Crippen molar-refractivity contribution in [3.05, 3.63) is 149 Å². The van der Waals surface area contributed by atoms with Gasteiger partial charge in [-0.1, -0.05) is 133 Å². The Morgan fingerprint density at radius 3 is 1.41 bits per heavy atom. The summed E-state index contributed by atoms with van der Waals surface area (Å²) in [7, 11) is 0.